The Balaban J connectivity index is 2.00. The van der Waals surface area contributed by atoms with Gasteiger partial charge < -0.3 is 10.2 Å². The second-order valence-electron chi connectivity index (χ2n) is 6.13. The van der Waals surface area contributed by atoms with Gasteiger partial charge in [0.15, 0.2) is 0 Å². The molecule has 1 atom stereocenters. The van der Waals surface area contributed by atoms with Gasteiger partial charge in [-0.3, -0.25) is 14.5 Å². The van der Waals surface area contributed by atoms with Crippen molar-refractivity contribution in [3.63, 3.8) is 0 Å². The lowest BCUT2D eigenvalue weighted by molar-refractivity contribution is -0.139. The Morgan fingerprint density at radius 1 is 1.38 bits per heavy atom. The highest BCUT2D eigenvalue weighted by Crippen LogP contribution is 2.42. The van der Waals surface area contributed by atoms with Crippen molar-refractivity contribution in [2.24, 2.45) is 5.92 Å². The average Bonchev–Trinajstić information content (AvgIpc) is 3.26. The molecule has 6 heteroatoms. The van der Waals surface area contributed by atoms with Crippen LogP contribution in [-0.2, 0) is 9.59 Å². The molecule has 1 saturated carbocycles. The molecule has 1 aliphatic carbocycles. The Bertz CT molecular complexity index is 447. The van der Waals surface area contributed by atoms with Gasteiger partial charge in [-0.1, -0.05) is 13.3 Å². The molecule has 0 aromatic rings. The number of urea groups is 1. The Hall–Kier alpha value is -1.59. The first-order valence-electron chi connectivity index (χ1n) is 7.85. The number of imide groups is 1. The topological polar surface area (TPSA) is 69.7 Å². The molecule has 6 nitrogen and oxygen atoms in total. The molecule has 1 N–H and O–H groups in total. The number of nitrogens with one attached hydrogen (secondary N) is 1. The Kier molecular flexibility index (Phi) is 4.54. The Labute approximate surface area is 125 Å². The second-order valence-corrected chi connectivity index (χ2v) is 6.13. The van der Waals surface area contributed by atoms with Crippen LogP contribution < -0.4 is 5.32 Å². The van der Waals surface area contributed by atoms with E-state index in [1.807, 2.05) is 6.92 Å². The van der Waals surface area contributed by atoms with Crippen LogP contribution in [0.2, 0.25) is 0 Å². The largest absolute Gasteiger partial charge is 0.341 e. The molecule has 0 aromatic heterocycles. The maximum atomic E-state index is 12.5. The molecule has 0 aromatic carbocycles. The summed E-state index contributed by atoms with van der Waals surface area (Å²) in [6, 6.07) is -0.436. The summed E-state index contributed by atoms with van der Waals surface area (Å²) in [4.78, 5) is 39.5. The molecule has 0 bridgehead atoms. The summed E-state index contributed by atoms with van der Waals surface area (Å²) in [5, 5.41) is 2.76. The average molecular weight is 295 g/mol. The van der Waals surface area contributed by atoms with Crippen molar-refractivity contribution in [1.82, 2.24) is 15.1 Å². The van der Waals surface area contributed by atoms with Crippen LogP contribution in [0, 0.1) is 5.92 Å². The zero-order chi connectivity index (χ0) is 15.6. The number of carbonyl (C=O) groups excluding carboxylic acids is 3. The van der Waals surface area contributed by atoms with Crippen LogP contribution in [0.1, 0.15) is 46.5 Å². The van der Waals surface area contributed by atoms with E-state index in [0.717, 1.165) is 30.6 Å². The molecule has 2 aliphatic rings. The minimum atomic E-state index is -0.808. The van der Waals surface area contributed by atoms with Crippen molar-refractivity contribution in [2.75, 3.05) is 19.6 Å². The molecular formula is C15H25N3O3. The van der Waals surface area contributed by atoms with Crippen molar-refractivity contribution >= 4 is 17.8 Å². The number of likely N-dealkylation sites (N-methyl/N-ethyl adjacent to an activating group) is 1. The first-order chi connectivity index (χ1) is 9.93. The number of hydrogen-bond acceptors (Lipinski definition) is 3. The van der Waals surface area contributed by atoms with Gasteiger partial charge in [-0.25, -0.2) is 4.79 Å². The zero-order valence-electron chi connectivity index (χ0n) is 13.1. The molecule has 118 valence electrons. The molecule has 1 saturated heterocycles. The normalized spacial score (nSPS) is 25.2. The molecular weight excluding hydrogens is 270 g/mol. The molecule has 4 amide bonds. The van der Waals surface area contributed by atoms with Gasteiger partial charge in [0.05, 0.1) is 0 Å². The molecule has 2 rings (SSSR count). The fourth-order valence-corrected chi connectivity index (χ4v) is 2.84. The number of carbonyl (C=O) groups is 3. The number of amides is 4. The van der Waals surface area contributed by atoms with Gasteiger partial charge in [-0.05, 0) is 39.0 Å². The van der Waals surface area contributed by atoms with E-state index >= 15 is 0 Å². The number of rotatable bonds is 7. The minimum absolute atomic E-state index is 0.148. The van der Waals surface area contributed by atoms with Crippen LogP contribution in [0.5, 0.6) is 0 Å². The lowest BCUT2D eigenvalue weighted by atomic mass is 9.96. The van der Waals surface area contributed by atoms with Crippen molar-refractivity contribution in [3.05, 3.63) is 0 Å². The van der Waals surface area contributed by atoms with E-state index in [-0.39, 0.29) is 24.3 Å². The van der Waals surface area contributed by atoms with Gasteiger partial charge in [0.2, 0.25) is 5.91 Å². The molecule has 0 spiro atoms. The highest BCUT2D eigenvalue weighted by molar-refractivity contribution is 6.09. The van der Waals surface area contributed by atoms with Crippen LogP contribution in [0.25, 0.3) is 0 Å². The van der Waals surface area contributed by atoms with E-state index in [9.17, 15) is 14.4 Å². The number of unbranched alkanes of at least 4 members (excludes halogenated alkanes) is 1. The number of hydrogen-bond donors (Lipinski definition) is 1. The summed E-state index contributed by atoms with van der Waals surface area (Å²) in [5.41, 5.74) is -0.808. The van der Waals surface area contributed by atoms with Gasteiger partial charge >= 0.3 is 6.03 Å². The van der Waals surface area contributed by atoms with E-state index in [2.05, 4.69) is 12.2 Å². The van der Waals surface area contributed by atoms with Crippen molar-refractivity contribution < 1.29 is 14.4 Å². The third-order valence-corrected chi connectivity index (χ3v) is 4.50. The molecule has 1 unspecified atom stereocenters. The first kappa shape index (κ1) is 15.8. The summed E-state index contributed by atoms with van der Waals surface area (Å²) in [5.74, 6) is -0.194. The molecule has 0 radical (unpaired) electrons. The minimum Gasteiger partial charge on any atom is -0.341 e. The highest BCUT2D eigenvalue weighted by Gasteiger charge is 2.56. The van der Waals surface area contributed by atoms with Crippen molar-refractivity contribution in [3.8, 4) is 0 Å². The fourth-order valence-electron chi connectivity index (χ4n) is 2.84. The lowest BCUT2D eigenvalue weighted by Gasteiger charge is -2.24. The third kappa shape index (κ3) is 3.04. The maximum Gasteiger partial charge on any atom is 0.325 e. The quantitative estimate of drug-likeness (QED) is 0.721. The van der Waals surface area contributed by atoms with Crippen LogP contribution in [0.3, 0.4) is 0 Å². The molecule has 1 aliphatic heterocycles. The van der Waals surface area contributed by atoms with Gasteiger partial charge in [-0.2, -0.15) is 0 Å². The maximum absolute atomic E-state index is 12.5. The van der Waals surface area contributed by atoms with Crippen molar-refractivity contribution in [1.29, 1.82) is 0 Å². The third-order valence-electron chi connectivity index (χ3n) is 4.50. The second kappa shape index (κ2) is 6.03. The van der Waals surface area contributed by atoms with Crippen molar-refractivity contribution in [2.45, 2.75) is 52.0 Å². The van der Waals surface area contributed by atoms with Crippen LogP contribution in [-0.4, -0.2) is 52.8 Å². The van der Waals surface area contributed by atoms with Crippen LogP contribution in [0.15, 0.2) is 0 Å². The number of nitrogens with zero attached hydrogens (tertiary/aromatic N) is 2. The lowest BCUT2D eigenvalue weighted by Crippen LogP contribution is -2.47. The standard InChI is InChI=1S/C15H25N3O3/c1-4-6-9-17(5-2)12(19)10-18-13(20)15(3,11-7-8-11)16-14(18)21/h11H,4-10H2,1-3H3,(H,16,21). The van der Waals surface area contributed by atoms with E-state index in [1.54, 1.807) is 11.8 Å². The highest BCUT2D eigenvalue weighted by atomic mass is 16.2. The SMILES string of the molecule is CCCCN(CC)C(=O)CN1C(=O)NC(C)(C2CC2)C1=O. The predicted octanol–water partition coefficient (Wildman–Crippen LogP) is 1.36. The summed E-state index contributed by atoms with van der Waals surface area (Å²) in [6.07, 6.45) is 3.86. The summed E-state index contributed by atoms with van der Waals surface area (Å²) >= 11 is 0. The van der Waals surface area contributed by atoms with E-state index in [4.69, 9.17) is 0 Å². The fraction of sp³-hybridized carbons (Fsp3) is 0.800. The van der Waals surface area contributed by atoms with Crippen LogP contribution >= 0.6 is 0 Å². The van der Waals surface area contributed by atoms with Gasteiger partial charge in [0, 0.05) is 13.1 Å². The summed E-state index contributed by atoms with van der Waals surface area (Å²) in [7, 11) is 0. The Morgan fingerprint density at radius 2 is 2.05 bits per heavy atom. The van der Waals surface area contributed by atoms with E-state index in [1.165, 1.54) is 0 Å². The molecule has 2 fully saturated rings. The van der Waals surface area contributed by atoms with Gasteiger partial charge in [-0.15, -0.1) is 0 Å². The Morgan fingerprint density at radius 3 is 2.57 bits per heavy atom. The van der Waals surface area contributed by atoms with E-state index < -0.39 is 11.6 Å². The smallest absolute Gasteiger partial charge is 0.325 e. The van der Waals surface area contributed by atoms with E-state index in [0.29, 0.717) is 13.1 Å². The predicted molar refractivity (Wildman–Crippen MR) is 78.5 cm³/mol. The summed E-state index contributed by atoms with van der Waals surface area (Å²) < 4.78 is 0. The van der Waals surface area contributed by atoms with Gasteiger partial charge in [0.1, 0.15) is 12.1 Å². The molecule has 1 heterocycles. The van der Waals surface area contributed by atoms with Gasteiger partial charge in [0.25, 0.3) is 5.91 Å². The molecule has 21 heavy (non-hydrogen) atoms. The van der Waals surface area contributed by atoms with Crippen LogP contribution in [0.4, 0.5) is 4.79 Å². The summed E-state index contributed by atoms with van der Waals surface area (Å²) in [6.45, 7) is 6.87. The first-order valence-corrected chi connectivity index (χ1v) is 7.85. The zero-order valence-corrected chi connectivity index (χ0v) is 13.1. The monoisotopic (exact) mass is 295 g/mol.